The summed E-state index contributed by atoms with van der Waals surface area (Å²) in [7, 11) is -2.95. The van der Waals surface area contributed by atoms with Crippen molar-refractivity contribution in [2.24, 2.45) is 0 Å². The summed E-state index contributed by atoms with van der Waals surface area (Å²) in [5.74, 6) is -0.495. The lowest BCUT2D eigenvalue weighted by molar-refractivity contribution is -0.112. The van der Waals surface area contributed by atoms with Crippen LogP contribution in [0.25, 0.3) is 5.69 Å². The number of aromatic nitrogens is 3. The molecule has 1 amide bonds. The SMILES string of the molecule is CCN(C(=O)C(C)=S(C)(=O)NC#N)c1cn(-c2cccnc2)nc1Cl. The Morgan fingerprint density at radius 2 is 2.28 bits per heavy atom. The van der Waals surface area contributed by atoms with Crippen LogP contribution in [0.4, 0.5) is 5.69 Å². The Kier molecular flexibility index (Phi) is 5.66. The number of nitrogens with one attached hydrogen (secondary N) is 1. The maximum atomic E-state index is 12.7. The molecule has 10 heteroatoms. The zero-order valence-electron chi connectivity index (χ0n) is 13.9. The molecule has 2 aromatic heterocycles. The van der Waals surface area contributed by atoms with Gasteiger partial charge in [-0.2, -0.15) is 10.4 Å². The van der Waals surface area contributed by atoms with Crippen molar-refractivity contribution in [1.82, 2.24) is 19.5 Å². The van der Waals surface area contributed by atoms with Crippen LogP contribution in [0.15, 0.2) is 30.7 Å². The number of carbonyl (C=O) groups excluding carboxylic acids is 1. The molecule has 1 N–H and O–H groups in total. The second-order valence-electron chi connectivity index (χ2n) is 5.12. The maximum absolute atomic E-state index is 12.7. The summed E-state index contributed by atoms with van der Waals surface area (Å²) < 4.78 is 16.1. The molecule has 2 heterocycles. The second-order valence-corrected chi connectivity index (χ2v) is 7.99. The highest BCUT2D eigenvalue weighted by Crippen LogP contribution is 2.26. The maximum Gasteiger partial charge on any atom is 0.263 e. The number of nitriles is 1. The first kappa shape index (κ1) is 18.8. The fourth-order valence-electron chi connectivity index (χ4n) is 2.09. The zero-order valence-corrected chi connectivity index (χ0v) is 15.5. The van der Waals surface area contributed by atoms with E-state index < -0.39 is 15.6 Å². The fourth-order valence-corrected chi connectivity index (χ4v) is 3.09. The van der Waals surface area contributed by atoms with Crippen LogP contribution < -0.4 is 9.62 Å². The van der Waals surface area contributed by atoms with Gasteiger partial charge < -0.3 is 4.90 Å². The van der Waals surface area contributed by atoms with Gasteiger partial charge in [-0.05, 0) is 26.0 Å². The van der Waals surface area contributed by atoms with Crippen LogP contribution in [0.5, 0.6) is 0 Å². The van der Waals surface area contributed by atoms with Gasteiger partial charge in [0.2, 0.25) is 0 Å². The van der Waals surface area contributed by atoms with E-state index in [9.17, 15) is 9.00 Å². The fraction of sp³-hybridized carbons (Fsp3) is 0.267. The van der Waals surface area contributed by atoms with Gasteiger partial charge in [-0.15, -0.1) is 0 Å². The van der Waals surface area contributed by atoms with Gasteiger partial charge >= 0.3 is 0 Å². The predicted octanol–water partition coefficient (Wildman–Crippen LogP) is 1.37. The molecule has 132 valence electrons. The number of hydrogen-bond acceptors (Lipinski definition) is 5. The van der Waals surface area contributed by atoms with Crippen molar-refractivity contribution in [2.75, 3.05) is 17.7 Å². The number of carbonyl (C=O) groups is 1. The molecule has 0 aliphatic rings. The summed E-state index contributed by atoms with van der Waals surface area (Å²) >= 11 is 6.20. The summed E-state index contributed by atoms with van der Waals surface area (Å²) in [4.78, 5) is 18.2. The zero-order chi connectivity index (χ0) is 18.6. The Bertz CT molecular complexity index is 941. The van der Waals surface area contributed by atoms with Crippen LogP contribution in [0.1, 0.15) is 13.8 Å². The van der Waals surface area contributed by atoms with Crippen molar-refractivity contribution in [3.05, 3.63) is 35.9 Å². The average molecular weight is 381 g/mol. The average Bonchev–Trinajstić information content (AvgIpc) is 2.97. The van der Waals surface area contributed by atoms with E-state index in [1.54, 1.807) is 43.8 Å². The smallest absolute Gasteiger partial charge is 0.263 e. The first-order valence-corrected chi connectivity index (χ1v) is 9.62. The second kappa shape index (κ2) is 7.55. The van der Waals surface area contributed by atoms with E-state index in [1.807, 2.05) is 0 Å². The molecule has 1 unspecified atom stereocenters. The monoisotopic (exact) mass is 380 g/mol. The van der Waals surface area contributed by atoms with Crippen LogP contribution in [-0.2, 0) is 14.5 Å². The number of hydrogen-bond donors (Lipinski definition) is 1. The van der Waals surface area contributed by atoms with Crippen molar-refractivity contribution in [3.63, 3.8) is 0 Å². The lowest BCUT2D eigenvalue weighted by Crippen LogP contribution is -2.40. The Morgan fingerprint density at radius 1 is 1.56 bits per heavy atom. The third-order valence-electron chi connectivity index (χ3n) is 3.54. The van der Waals surface area contributed by atoms with Crippen molar-refractivity contribution in [2.45, 2.75) is 13.8 Å². The highest BCUT2D eigenvalue weighted by molar-refractivity contribution is 8.01. The lowest BCUT2D eigenvalue weighted by atomic mass is 10.3. The van der Waals surface area contributed by atoms with E-state index in [2.05, 4.69) is 14.8 Å². The van der Waals surface area contributed by atoms with Crippen molar-refractivity contribution < 1.29 is 9.00 Å². The molecule has 8 nitrogen and oxygen atoms in total. The van der Waals surface area contributed by atoms with E-state index in [1.165, 1.54) is 22.8 Å². The Hall–Kier alpha value is -2.57. The van der Waals surface area contributed by atoms with Crippen LogP contribution in [0, 0.1) is 11.5 Å². The van der Waals surface area contributed by atoms with Gasteiger partial charge in [0, 0.05) is 19.0 Å². The van der Waals surface area contributed by atoms with Crippen molar-refractivity contribution >= 4 is 37.8 Å². The molecule has 0 saturated carbocycles. The number of pyridine rings is 1. The van der Waals surface area contributed by atoms with E-state index in [0.717, 1.165) is 0 Å². The minimum atomic E-state index is -2.95. The van der Waals surface area contributed by atoms with Gasteiger partial charge in [-0.1, -0.05) is 11.6 Å². The molecule has 0 radical (unpaired) electrons. The Labute approximate surface area is 151 Å². The van der Waals surface area contributed by atoms with E-state index >= 15 is 0 Å². The molecule has 25 heavy (non-hydrogen) atoms. The molecule has 0 saturated heterocycles. The molecular weight excluding hydrogens is 364 g/mol. The van der Waals surface area contributed by atoms with E-state index in [-0.39, 0.29) is 16.6 Å². The largest absolute Gasteiger partial charge is 0.304 e. The Balaban J connectivity index is 2.46. The molecule has 0 spiro atoms. The summed E-state index contributed by atoms with van der Waals surface area (Å²) in [6, 6.07) is 3.55. The molecule has 2 aromatic rings. The quantitative estimate of drug-likeness (QED) is 0.479. The minimum absolute atomic E-state index is 0.0288. The predicted molar refractivity (Wildman–Crippen MR) is 97.9 cm³/mol. The van der Waals surface area contributed by atoms with Gasteiger partial charge in [0.05, 0.1) is 32.7 Å². The minimum Gasteiger partial charge on any atom is -0.304 e. The number of anilines is 1. The van der Waals surface area contributed by atoms with Crippen LogP contribution in [-0.4, -0.2) is 42.5 Å². The molecule has 0 aromatic carbocycles. The van der Waals surface area contributed by atoms with Gasteiger partial charge in [0.15, 0.2) is 11.3 Å². The Morgan fingerprint density at radius 3 is 2.84 bits per heavy atom. The van der Waals surface area contributed by atoms with Crippen molar-refractivity contribution in [3.8, 4) is 11.9 Å². The molecule has 0 aliphatic heterocycles. The van der Waals surface area contributed by atoms with Gasteiger partial charge in [0.1, 0.15) is 5.69 Å². The summed E-state index contributed by atoms with van der Waals surface area (Å²) in [6.07, 6.45) is 7.76. The molecular formula is C15H17ClN6O2S. The molecule has 0 fully saturated rings. The van der Waals surface area contributed by atoms with Gasteiger partial charge in [0.25, 0.3) is 5.91 Å². The van der Waals surface area contributed by atoms with Crippen LogP contribution in [0.2, 0.25) is 5.15 Å². The number of nitrogens with zero attached hydrogens (tertiary/aromatic N) is 5. The molecule has 2 rings (SSSR count). The highest BCUT2D eigenvalue weighted by atomic mass is 35.5. The third-order valence-corrected chi connectivity index (χ3v) is 5.63. The van der Waals surface area contributed by atoms with Crippen LogP contribution >= 0.6 is 11.6 Å². The third kappa shape index (κ3) is 3.92. The molecule has 1 atom stereocenters. The first-order chi connectivity index (χ1) is 11.8. The summed E-state index contributed by atoms with van der Waals surface area (Å²) in [6.45, 7) is 3.48. The van der Waals surface area contributed by atoms with Crippen molar-refractivity contribution in [1.29, 1.82) is 5.26 Å². The standard InChI is InChI=1S/C15H17ClN6O2S/c1-4-21(15(23)11(2)25(3,24)19-10-17)13-9-22(20-14(13)16)12-6-5-7-18-8-12/h5-9H,4H2,1-3H3,(H,19,24). The van der Waals surface area contributed by atoms with Gasteiger partial charge in [-0.25, -0.2) is 13.6 Å². The van der Waals surface area contributed by atoms with Crippen LogP contribution in [0.3, 0.4) is 0 Å². The van der Waals surface area contributed by atoms with E-state index in [4.69, 9.17) is 16.9 Å². The lowest BCUT2D eigenvalue weighted by Gasteiger charge is -2.20. The van der Waals surface area contributed by atoms with E-state index in [0.29, 0.717) is 11.4 Å². The first-order valence-electron chi connectivity index (χ1n) is 7.27. The molecule has 0 aliphatic carbocycles. The normalized spacial score (nSPS) is 12.8. The summed E-state index contributed by atoms with van der Waals surface area (Å²) in [5, 5.41) is 13.0. The summed E-state index contributed by atoms with van der Waals surface area (Å²) in [5.41, 5.74) is 1.06. The molecule has 0 bridgehead atoms. The number of amides is 1. The number of rotatable bonds is 5. The topological polar surface area (TPSA) is 104 Å². The number of halogens is 1. The highest BCUT2D eigenvalue weighted by Gasteiger charge is 2.24. The van der Waals surface area contributed by atoms with Gasteiger partial charge in [-0.3, -0.25) is 9.78 Å².